The van der Waals surface area contributed by atoms with E-state index < -0.39 is 18.0 Å². The third-order valence-corrected chi connectivity index (χ3v) is 2.31. The summed E-state index contributed by atoms with van der Waals surface area (Å²) in [6, 6.07) is 4.22. The quantitative estimate of drug-likeness (QED) is 0.838. The van der Waals surface area contributed by atoms with Gasteiger partial charge >= 0.3 is 0 Å². The lowest BCUT2D eigenvalue weighted by atomic mass is 9.97. The molecule has 0 saturated heterocycles. The normalized spacial score (nSPS) is 15.5. The largest absolute Gasteiger partial charge is 0.393 e. The predicted octanol–water partition coefficient (Wildman–Crippen LogP) is 1.79. The van der Waals surface area contributed by atoms with Crippen LogP contribution in [0, 0.1) is 5.82 Å². The molecule has 0 aliphatic carbocycles. The average molecular weight is 249 g/mol. The number of rotatable bonds is 2. The van der Waals surface area contributed by atoms with Crippen molar-refractivity contribution >= 4 is 15.9 Å². The minimum atomic E-state index is -1.53. The second-order valence-electron chi connectivity index (χ2n) is 3.06. The number of benzene rings is 1. The van der Waals surface area contributed by atoms with Gasteiger partial charge in [0.2, 0.25) is 0 Å². The van der Waals surface area contributed by atoms with Crippen molar-refractivity contribution in [2.45, 2.75) is 12.5 Å². The van der Waals surface area contributed by atoms with Crippen molar-refractivity contribution in [3.05, 3.63) is 34.1 Å². The Kier molecular flexibility index (Phi) is 3.05. The van der Waals surface area contributed by atoms with E-state index in [-0.39, 0.29) is 5.56 Å². The second-order valence-corrected chi connectivity index (χ2v) is 3.97. The van der Waals surface area contributed by atoms with Crippen LogP contribution in [-0.2, 0) is 5.60 Å². The van der Waals surface area contributed by atoms with Gasteiger partial charge < -0.3 is 10.2 Å². The first kappa shape index (κ1) is 10.6. The summed E-state index contributed by atoms with van der Waals surface area (Å²) in [5.41, 5.74) is -1.45. The van der Waals surface area contributed by atoms with Crippen LogP contribution in [0.4, 0.5) is 4.39 Å². The van der Waals surface area contributed by atoms with E-state index in [1.807, 2.05) is 0 Å². The van der Waals surface area contributed by atoms with E-state index in [0.717, 1.165) is 0 Å². The van der Waals surface area contributed by atoms with Crippen molar-refractivity contribution in [3.63, 3.8) is 0 Å². The lowest BCUT2D eigenvalue weighted by Gasteiger charge is -2.21. The smallest absolute Gasteiger partial charge is 0.129 e. The molecule has 0 aromatic heterocycles. The summed E-state index contributed by atoms with van der Waals surface area (Å²) in [5.74, 6) is -0.526. The van der Waals surface area contributed by atoms with Gasteiger partial charge in [0.25, 0.3) is 0 Å². The zero-order chi connectivity index (χ0) is 10.1. The minimum absolute atomic E-state index is 0.0874. The monoisotopic (exact) mass is 248 g/mol. The zero-order valence-corrected chi connectivity index (χ0v) is 8.68. The van der Waals surface area contributed by atoms with Gasteiger partial charge in [0, 0.05) is 10.0 Å². The Labute approximate surface area is 84.1 Å². The average Bonchev–Trinajstić information content (AvgIpc) is 2.09. The van der Waals surface area contributed by atoms with E-state index in [1.165, 1.54) is 25.1 Å². The molecule has 2 N–H and O–H groups in total. The van der Waals surface area contributed by atoms with Crippen LogP contribution in [0.5, 0.6) is 0 Å². The summed E-state index contributed by atoms with van der Waals surface area (Å²) >= 11 is 3.16. The molecule has 0 unspecified atom stereocenters. The molecule has 0 radical (unpaired) electrons. The topological polar surface area (TPSA) is 40.5 Å². The van der Waals surface area contributed by atoms with Crippen molar-refractivity contribution < 1.29 is 14.6 Å². The Morgan fingerprint density at radius 3 is 2.69 bits per heavy atom. The van der Waals surface area contributed by atoms with E-state index in [1.54, 1.807) is 0 Å². The molecule has 1 aromatic rings. The number of hydrogen-bond donors (Lipinski definition) is 2. The van der Waals surface area contributed by atoms with Gasteiger partial charge in [-0.05, 0) is 25.1 Å². The lowest BCUT2D eigenvalue weighted by molar-refractivity contribution is -0.00511. The van der Waals surface area contributed by atoms with Gasteiger partial charge in [-0.1, -0.05) is 15.9 Å². The predicted molar refractivity (Wildman–Crippen MR) is 50.8 cm³/mol. The van der Waals surface area contributed by atoms with E-state index in [4.69, 9.17) is 5.11 Å². The lowest BCUT2D eigenvalue weighted by Crippen LogP contribution is -2.27. The summed E-state index contributed by atoms with van der Waals surface area (Å²) in [7, 11) is 0. The number of aliphatic hydroxyl groups excluding tert-OH is 1. The molecular weight excluding hydrogens is 239 g/mol. The second kappa shape index (κ2) is 3.74. The summed E-state index contributed by atoms with van der Waals surface area (Å²) < 4.78 is 13.8. The third kappa shape index (κ3) is 2.27. The van der Waals surface area contributed by atoms with E-state index in [0.29, 0.717) is 4.47 Å². The Morgan fingerprint density at radius 2 is 2.15 bits per heavy atom. The fourth-order valence-electron chi connectivity index (χ4n) is 0.995. The number of aliphatic hydroxyl groups is 2. The van der Waals surface area contributed by atoms with E-state index in [2.05, 4.69) is 15.9 Å². The Bertz CT molecular complexity index is 312. The molecule has 0 amide bonds. The molecule has 1 aromatic carbocycles. The fourth-order valence-corrected chi connectivity index (χ4v) is 1.36. The molecule has 4 heteroatoms. The molecule has 2 nitrogen and oxygen atoms in total. The molecule has 13 heavy (non-hydrogen) atoms. The molecule has 0 spiro atoms. The first-order valence-electron chi connectivity index (χ1n) is 3.76. The SMILES string of the molecule is C[C@@](O)(CO)c1cc(Br)ccc1F. The molecule has 0 fully saturated rings. The maximum atomic E-state index is 13.2. The third-order valence-electron chi connectivity index (χ3n) is 1.82. The van der Waals surface area contributed by atoms with E-state index in [9.17, 15) is 9.50 Å². The van der Waals surface area contributed by atoms with Gasteiger partial charge in [0.15, 0.2) is 0 Å². The van der Waals surface area contributed by atoms with Crippen LogP contribution in [-0.4, -0.2) is 16.8 Å². The number of hydrogen-bond acceptors (Lipinski definition) is 2. The van der Waals surface area contributed by atoms with Crippen LogP contribution in [0.15, 0.2) is 22.7 Å². The molecule has 0 heterocycles. The zero-order valence-electron chi connectivity index (χ0n) is 7.09. The highest BCUT2D eigenvalue weighted by atomic mass is 79.9. The first-order valence-corrected chi connectivity index (χ1v) is 4.55. The molecule has 0 aliphatic rings. The van der Waals surface area contributed by atoms with Gasteiger partial charge in [-0.25, -0.2) is 4.39 Å². The Morgan fingerprint density at radius 1 is 1.54 bits per heavy atom. The van der Waals surface area contributed by atoms with Crippen LogP contribution < -0.4 is 0 Å². The minimum Gasteiger partial charge on any atom is -0.393 e. The highest BCUT2D eigenvalue weighted by Gasteiger charge is 2.25. The highest BCUT2D eigenvalue weighted by Crippen LogP contribution is 2.25. The first-order chi connectivity index (χ1) is 5.97. The van der Waals surface area contributed by atoms with Crippen molar-refractivity contribution in [3.8, 4) is 0 Å². The van der Waals surface area contributed by atoms with Crippen molar-refractivity contribution in [2.75, 3.05) is 6.61 Å². The molecule has 0 bridgehead atoms. The Balaban J connectivity index is 3.20. The standard InChI is InChI=1S/C9H10BrFO2/c1-9(13,5-12)7-4-6(10)2-3-8(7)11/h2-4,12-13H,5H2,1H3/t9-/m1/s1. The van der Waals surface area contributed by atoms with Gasteiger partial charge in [-0.15, -0.1) is 0 Å². The van der Waals surface area contributed by atoms with Gasteiger partial charge in [0.1, 0.15) is 11.4 Å². The van der Waals surface area contributed by atoms with Gasteiger partial charge in [-0.3, -0.25) is 0 Å². The van der Waals surface area contributed by atoms with Gasteiger partial charge in [0.05, 0.1) is 6.61 Å². The Hall–Kier alpha value is -0.450. The van der Waals surface area contributed by atoms with Gasteiger partial charge in [-0.2, -0.15) is 0 Å². The summed E-state index contributed by atoms with van der Waals surface area (Å²) in [6.45, 7) is 0.845. The molecular formula is C9H10BrFO2. The van der Waals surface area contributed by atoms with Crippen LogP contribution in [0.3, 0.4) is 0 Å². The van der Waals surface area contributed by atoms with Crippen LogP contribution in [0.2, 0.25) is 0 Å². The van der Waals surface area contributed by atoms with Crippen molar-refractivity contribution in [1.29, 1.82) is 0 Å². The maximum Gasteiger partial charge on any atom is 0.129 e. The molecule has 1 atom stereocenters. The van der Waals surface area contributed by atoms with Crippen LogP contribution in [0.25, 0.3) is 0 Å². The molecule has 0 saturated carbocycles. The van der Waals surface area contributed by atoms with Crippen LogP contribution >= 0.6 is 15.9 Å². The fraction of sp³-hybridized carbons (Fsp3) is 0.333. The summed E-state index contributed by atoms with van der Waals surface area (Å²) in [4.78, 5) is 0. The molecule has 1 rings (SSSR count). The molecule has 72 valence electrons. The number of halogens is 2. The highest BCUT2D eigenvalue weighted by molar-refractivity contribution is 9.10. The van der Waals surface area contributed by atoms with Crippen molar-refractivity contribution in [1.82, 2.24) is 0 Å². The summed E-state index contributed by atoms with van der Waals surface area (Å²) in [6.07, 6.45) is 0. The summed E-state index contributed by atoms with van der Waals surface area (Å²) in [5, 5.41) is 18.4. The van der Waals surface area contributed by atoms with Crippen LogP contribution in [0.1, 0.15) is 12.5 Å². The maximum absolute atomic E-state index is 13.2. The molecule has 0 aliphatic heterocycles. The van der Waals surface area contributed by atoms with Crippen molar-refractivity contribution in [2.24, 2.45) is 0 Å². The van der Waals surface area contributed by atoms with E-state index >= 15 is 0 Å².